The number of likely N-dealkylation sites (tertiary alicyclic amines) is 1. The van der Waals surface area contributed by atoms with Crippen LogP contribution in [0.1, 0.15) is 54.0 Å². The summed E-state index contributed by atoms with van der Waals surface area (Å²) in [7, 11) is 1.92. The molecule has 0 aliphatic carbocycles. The molecule has 4 rings (SSSR count). The molecule has 2 aromatic heterocycles. The zero-order chi connectivity index (χ0) is 24.4. The average Bonchev–Trinajstić information content (AvgIpc) is 3.24. The van der Waals surface area contributed by atoms with Gasteiger partial charge in [-0.15, -0.1) is 0 Å². The second-order valence-corrected chi connectivity index (χ2v) is 8.61. The number of Topliss-reactive ketones (excluding diaryl/α,β-unsaturated/α-hetero) is 1. The zero-order valence-corrected chi connectivity index (χ0v) is 19.4. The molecule has 1 atom stereocenters. The van der Waals surface area contributed by atoms with E-state index in [1.807, 2.05) is 22.7 Å². The highest BCUT2D eigenvalue weighted by atomic mass is 19.1. The highest BCUT2D eigenvalue weighted by molar-refractivity contribution is 6.01. The Bertz CT molecular complexity index is 1310. The van der Waals surface area contributed by atoms with Gasteiger partial charge in [0.2, 0.25) is 0 Å². The van der Waals surface area contributed by atoms with E-state index in [4.69, 9.17) is 5.73 Å². The SMILES string of the molecule is CCn1c(=O)c(C(=O)CN2CCCC[C@@H]2c2nccn2C)c(N)n(Cc2ccc(F)cc2)c1=O. The molecule has 1 aliphatic heterocycles. The molecular formula is C24H29FN6O3. The van der Waals surface area contributed by atoms with Gasteiger partial charge >= 0.3 is 5.69 Å². The first kappa shape index (κ1) is 23.6. The molecule has 1 aromatic carbocycles. The van der Waals surface area contributed by atoms with Crippen LogP contribution in [-0.2, 0) is 20.1 Å². The van der Waals surface area contributed by atoms with Gasteiger partial charge in [-0.25, -0.2) is 14.2 Å². The van der Waals surface area contributed by atoms with E-state index >= 15 is 0 Å². The average molecular weight is 469 g/mol. The first-order valence-corrected chi connectivity index (χ1v) is 11.4. The van der Waals surface area contributed by atoms with Crippen molar-refractivity contribution >= 4 is 11.6 Å². The maximum Gasteiger partial charge on any atom is 0.332 e. The maximum atomic E-state index is 13.5. The normalized spacial score (nSPS) is 16.6. The van der Waals surface area contributed by atoms with Crippen LogP contribution in [0, 0.1) is 5.82 Å². The molecule has 1 fully saturated rings. The summed E-state index contributed by atoms with van der Waals surface area (Å²) < 4.78 is 17.5. The molecule has 0 saturated carbocycles. The largest absolute Gasteiger partial charge is 0.384 e. The molecular weight excluding hydrogens is 439 g/mol. The topological polar surface area (TPSA) is 108 Å². The molecule has 0 amide bonds. The summed E-state index contributed by atoms with van der Waals surface area (Å²) >= 11 is 0. The molecule has 0 radical (unpaired) electrons. The lowest BCUT2D eigenvalue weighted by molar-refractivity contribution is 0.0827. The Morgan fingerprint density at radius 3 is 2.56 bits per heavy atom. The highest BCUT2D eigenvalue weighted by Gasteiger charge is 2.31. The number of hydrogen-bond acceptors (Lipinski definition) is 6. The fourth-order valence-electron chi connectivity index (χ4n) is 4.62. The summed E-state index contributed by atoms with van der Waals surface area (Å²) in [4.78, 5) is 46.0. The lowest BCUT2D eigenvalue weighted by Crippen LogP contribution is -2.46. The van der Waals surface area contributed by atoms with Gasteiger partial charge in [-0.2, -0.15) is 0 Å². The second-order valence-electron chi connectivity index (χ2n) is 8.61. The Morgan fingerprint density at radius 1 is 1.18 bits per heavy atom. The molecule has 0 spiro atoms. The number of hydrogen-bond donors (Lipinski definition) is 1. The van der Waals surface area contributed by atoms with Crippen molar-refractivity contribution in [2.24, 2.45) is 7.05 Å². The Hall–Kier alpha value is -3.53. The van der Waals surface area contributed by atoms with E-state index in [2.05, 4.69) is 4.98 Å². The van der Waals surface area contributed by atoms with Gasteiger partial charge < -0.3 is 10.3 Å². The van der Waals surface area contributed by atoms with Crippen molar-refractivity contribution in [3.8, 4) is 0 Å². The predicted octanol–water partition coefficient (Wildman–Crippen LogP) is 1.94. The molecule has 10 heteroatoms. The fourth-order valence-corrected chi connectivity index (χ4v) is 4.62. The first-order chi connectivity index (χ1) is 16.3. The van der Waals surface area contributed by atoms with E-state index in [9.17, 15) is 18.8 Å². The number of nitrogens with two attached hydrogens (primary N) is 1. The molecule has 3 heterocycles. The quantitative estimate of drug-likeness (QED) is 0.531. The van der Waals surface area contributed by atoms with E-state index in [0.717, 1.165) is 29.7 Å². The second kappa shape index (κ2) is 9.76. The van der Waals surface area contributed by atoms with Gasteiger partial charge in [0.25, 0.3) is 5.56 Å². The highest BCUT2D eigenvalue weighted by Crippen LogP contribution is 2.29. The minimum Gasteiger partial charge on any atom is -0.384 e. The van der Waals surface area contributed by atoms with Crippen LogP contribution in [0.2, 0.25) is 0 Å². The molecule has 3 aromatic rings. The van der Waals surface area contributed by atoms with Gasteiger partial charge in [0.1, 0.15) is 23.0 Å². The van der Waals surface area contributed by atoms with Crippen LogP contribution in [0.5, 0.6) is 0 Å². The standard InChI is InChI=1S/C24H29FN6O3/c1-3-30-23(33)20(21(26)31(24(30)34)14-16-7-9-17(25)10-8-16)19(32)15-29-12-5-4-6-18(29)22-27-11-13-28(22)2/h7-11,13,18H,3-6,12,14-15,26H2,1-2H3/t18-/m1/s1. The van der Waals surface area contributed by atoms with Gasteiger partial charge in [0, 0.05) is 26.0 Å². The third-order valence-electron chi connectivity index (χ3n) is 6.43. The molecule has 9 nitrogen and oxygen atoms in total. The Morgan fingerprint density at radius 2 is 1.91 bits per heavy atom. The smallest absolute Gasteiger partial charge is 0.332 e. The molecule has 180 valence electrons. The van der Waals surface area contributed by atoms with Crippen molar-refractivity contribution in [2.75, 3.05) is 18.8 Å². The van der Waals surface area contributed by atoms with Crippen molar-refractivity contribution in [2.45, 2.75) is 45.3 Å². The number of aryl methyl sites for hydroxylation is 1. The third kappa shape index (κ3) is 4.45. The van der Waals surface area contributed by atoms with Crippen LogP contribution in [0.25, 0.3) is 0 Å². The van der Waals surface area contributed by atoms with Crippen molar-refractivity contribution in [3.63, 3.8) is 0 Å². The summed E-state index contributed by atoms with van der Waals surface area (Å²) in [5.74, 6) is -0.131. The van der Waals surface area contributed by atoms with Crippen LogP contribution in [0.4, 0.5) is 10.2 Å². The van der Waals surface area contributed by atoms with Gasteiger partial charge in [-0.1, -0.05) is 18.6 Å². The van der Waals surface area contributed by atoms with Crippen molar-refractivity contribution in [1.82, 2.24) is 23.6 Å². The van der Waals surface area contributed by atoms with E-state index < -0.39 is 22.8 Å². The number of nitrogens with zero attached hydrogens (tertiary/aromatic N) is 5. The van der Waals surface area contributed by atoms with Gasteiger partial charge in [0.05, 0.1) is 19.1 Å². The summed E-state index contributed by atoms with van der Waals surface area (Å²) in [6, 6.07) is 5.60. The number of benzene rings is 1. The van der Waals surface area contributed by atoms with Crippen LogP contribution in [0.15, 0.2) is 46.2 Å². The van der Waals surface area contributed by atoms with Crippen LogP contribution < -0.4 is 17.0 Å². The molecule has 0 unspecified atom stereocenters. The fraction of sp³-hybridized carbons (Fsp3) is 0.417. The molecule has 34 heavy (non-hydrogen) atoms. The predicted molar refractivity (Wildman–Crippen MR) is 126 cm³/mol. The van der Waals surface area contributed by atoms with Crippen molar-refractivity contribution in [3.05, 3.63) is 80.3 Å². The van der Waals surface area contributed by atoms with Crippen LogP contribution in [0.3, 0.4) is 0 Å². The minimum absolute atomic E-state index is 0.00453. The number of halogens is 1. The number of rotatable bonds is 7. The lowest BCUT2D eigenvalue weighted by atomic mass is 10.00. The number of ketones is 1. The molecule has 2 N–H and O–H groups in total. The van der Waals surface area contributed by atoms with Crippen LogP contribution >= 0.6 is 0 Å². The number of anilines is 1. The van der Waals surface area contributed by atoms with Gasteiger partial charge in [-0.05, 0) is 44.0 Å². The summed E-state index contributed by atoms with van der Waals surface area (Å²) in [6.07, 6.45) is 6.42. The number of imidazole rings is 1. The number of carbonyl (C=O) groups is 1. The van der Waals surface area contributed by atoms with E-state index in [-0.39, 0.29) is 37.1 Å². The summed E-state index contributed by atoms with van der Waals surface area (Å²) in [6.45, 7) is 2.47. The van der Waals surface area contributed by atoms with E-state index in [1.54, 1.807) is 13.1 Å². The zero-order valence-electron chi connectivity index (χ0n) is 19.4. The summed E-state index contributed by atoms with van der Waals surface area (Å²) in [5.41, 5.74) is 5.42. The van der Waals surface area contributed by atoms with Crippen molar-refractivity contribution in [1.29, 1.82) is 0 Å². The minimum atomic E-state index is -0.684. The monoisotopic (exact) mass is 468 g/mol. The van der Waals surface area contributed by atoms with Crippen LogP contribution in [-0.4, -0.2) is 42.5 Å². The number of carbonyl (C=O) groups excluding carboxylic acids is 1. The van der Waals surface area contributed by atoms with E-state index in [1.165, 1.54) is 28.8 Å². The third-order valence-corrected chi connectivity index (χ3v) is 6.43. The Kier molecular flexibility index (Phi) is 6.78. The van der Waals surface area contributed by atoms with Gasteiger partial charge in [-0.3, -0.25) is 23.6 Å². The lowest BCUT2D eigenvalue weighted by Gasteiger charge is -2.34. The number of piperidine rings is 1. The Labute approximate surface area is 196 Å². The van der Waals surface area contributed by atoms with E-state index in [0.29, 0.717) is 12.1 Å². The number of nitrogen functional groups attached to an aromatic ring is 1. The number of aromatic nitrogens is 4. The van der Waals surface area contributed by atoms with Gasteiger partial charge in [0.15, 0.2) is 5.78 Å². The molecule has 1 saturated heterocycles. The molecule has 0 bridgehead atoms. The van der Waals surface area contributed by atoms with Crippen molar-refractivity contribution < 1.29 is 9.18 Å². The summed E-state index contributed by atoms with van der Waals surface area (Å²) in [5, 5.41) is 0. The maximum absolute atomic E-state index is 13.5. The molecule has 1 aliphatic rings. The Balaban J connectivity index is 1.70. The first-order valence-electron chi connectivity index (χ1n) is 11.4.